The predicted octanol–water partition coefficient (Wildman–Crippen LogP) is 1.93. The molecule has 1 aromatic rings. The molecular formula is C11H18N2OS. The fourth-order valence-corrected chi connectivity index (χ4v) is 2.63. The van der Waals surface area contributed by atoms with Gasteiger partial charge in [0.1, 0.15) is 0 Å². The van der Waals surface area contributed by atoms with Gasteiger partial charge in [0, 0.05) is 23.7 Å². The maximum atomic E-state index is 9.90. The third-order valence-corrected chi connectivity index (χ3v) is 3.78. The normalized spacial score (nSPS) is 27.5. The van der Waals surface area contributed by atoms with Crippen molar-refractivity contribution in [1.82, 2.24) is 10.3 Å². The highest BCUT2D eigenvalue weighted by Crippen LogP contribution is 2.18. The van der Waals surface area contributed by atoms with Gasteiger partial charge < -0.3 is 10.4 Å². The van der Waals surface area contributed by atoms with E-state index < -0.39 is 0 Å². The van der Waals surface area contributed by atoms with Gasteiger partial charge in [0.15, 0.2) is 0 Å². The van der Waals surface area contributed by atoms with E-state index in [0.29, 0.717) is 0 Å². The summed E-state index contributed by atoms with van der Waals surface area (Å²) in [6.45, 7) is 0.840. The van der Waals surface area contributed by atoms with E-state index in [2.05, 4.69) is 10.3 Å². The van der Waals surface area contributed by atoms with Gasteiger partial charge in [0.05, 0.1) is 11.6 Å². The minimum Gasteiger partial charge on any atom is -0.392 e. The van der Waals surface area contributed by atoms with Gasteiger partial charge >= 0.3 is 0 Å². The molecule has 0 aromatic carbocycles. The highest BCUT2D eigenvalue weighted by Gasteiger charge is 2.20. The van der Waals surface area contributed by atoms with Crippen molar-refractivity contribution in [2.75, 3.05) is 0 Å². The topological polar surface area (TPSA) is 45.1 Å². The van der Waals surface area contributed by atoms with Crippen molar-refractivity contribution in [2.24, 2.45) is 0 Å². The third kappa shape index (κ3) is 3.26. The zero-order valence-electron chi connectivity index (χ0n) is 8.85. The van der Waals surface area contributed by atoms with E-state index in [0.717, 1.165) is 19.4 Å². The van der Waals surface area contributed by atoms with E-state index in [-0.39, 0.29) is 12.1 Å². The predicted molar refractivity (Wildman–Crippen MR) is 61.8 cm³/mol. The molecule has 1 aromatic heterocycles. The van der Waals surface area contributed by atoms with E-state index in [1.165, 1.54) is 24.1 Å². The first-order chi connectivity index (χ1) is 7.36. The van der Waals surface area contributed by atoms with Gasteiger partial charge in [0.25, 0.3) is 0 Å². The summed E-state index contributed by atoms with van der Waals surface area (Å²) in [5, 5.41) is 13.3. The van der Waals surface area contributed by atoms with Crippen LogP contribution >= 0.6 is 11.3 Å². The summed E-state index contributed by atoms with van der Waals surface area (Å²) in [7, 11) is 0. The number of nitrogens with one attached hydrogen (secondary N) is 1. The van der Waals surface area contributed by atoms with E-state index in [4.69, 9.17) is 0 Å². The molecule has 3 nitrogen and oxygen atoms in total. The van der Waals surface area contributed by atoms with Crippen molar-refractivity contribution >= 4 is 11.3 Å². The lowest BCUT2D eigenvalue weighted by Crippen LogP contribution is -2.38. The molecule has 1 aliphatic rings. The lowest BCUT2D eigenvalue weighted by Gasteiger charge is -2.21. The molecule has 0 spiro atoms. The van der Waals surface area contributed by atoms with Gasteiger partial charge in [-0.25, -0.2) is 0 Å². The Hall–Kier alpha value is -0.450. The standard InChI is InChI=1S/C11H18N2OS/c14-11-5-3-1-2-4-10(11)13-7-9-6-12-8-15-9/h6,8,10-11,13-14H,1-5,7H2. The van der Waals surface area contributed by atoms with Crippen LogP contribution in [0, 0.1) is 0 Å². The van der Waals surface area contributed by atoms with Crippen molar-refractivity contribution in [3.05, 3.63) is 16.6 Å². The van der Waals surface area contributed by atoms with Crippen molar-refractivity contribution in [3.63, 3.8) is 0 Å². The Morgan fingerprint density at radius 1 is 1.40 bits per heavy atom. The van der Waals surface area contributed by atoms with Gasteiger partial charge in [-0.2, -0.15) is 0 Å². The average Bonchev–Trinajstić information content (AvgIpc) is 2.67. The Bertz CT molecular complexity index is 276. The first-order valence-corrected chi connectivity index (χ1v) is 6.53. The number of hydrogen-bond donors (Lipinski definition) is 2. The Kier molecular flexibility index (Phi) is 4.11. The van der Waals surface area contributed by atoms with Gasteiger partial charge in [-0.3, -0.25) is 4.98 Å². The number of aromatic nitrogens is 1. The molecule has 2 atom stereocenters. The van der Waals surface area contributed by atoms with Crippen LogP contribution in [0.1, 0.15) is 37.0 Å². The van der Waals surface area contributed by atoms with Crippen LogP contribution in [0.5, 0.6) is 0 Å². The number of nitrogens with zero attached hydrogens (tertiary/aromatic N) is 1. The fourth-order valence-electron chi connectivity index (χ4n) is 2.09. The molecule has 0 radical (unpaired) electrons. The summed E-state index contributed by atoms with van der Waals surface area (Å²) in [5.41, 5.74) is 1.85. The number of thiazole rings is 1. The van der Waals surface area contributed by atoms with Crippen LogP contribution in [0.3, 0.4) is 0 Å². The maximum absolute atomic E-state index is 9.90. The molecule has 2 unspecified atom stereocenters. The number of rotatable bonds is 3. The van der Waals surface area contributed by atoms with Crippen molar-refractivity contribution in [2.45, 2.75) is 50.8 Å². The van der Waals surface area contributed by atoms with Crippen LogP contribution in [0.15, 0.2) is 11.7 Å². The molecule has 0 amide bonds. The van der Waals surface area contributed by atoms with Crippen LogP contribution in [0.25, 0.3) is 0 Å². The summed E-state index contributed by atoms with van der Waals surface area (Å²) in [4.78, 5) is 5.28. The first-order valence-electron chi connectivity index (χ1n) is 5.65. The Morgan fingerprint density at radius 3 is 3.07 bits per heavy atom. The lowest BCUT2D eigenvalue weighted by molar-refractivity contribution is 0.119. The smallest absolute Gasteiger partial charge is 0.0794 e. The second-order valence-corrected chi connectivity index (χ2v) is 5.13. The summed E-state index contributed by atoms with van der Waals surface area (Å²) < 4.78 is 0. The first kappa shape index (κ1) is 11.0. The van der Waals surface area contributed by atoms with Crippen LogP contribution in [-0.2, 0) is 6.54 Å². The van der Waals surface area contributed by atoms with E-state index in [1.807, 2.05) is 11.7 Å². The summed E-state index contributed by atoms with van der Waals surface area (Å²) in [6, 6.07) is 0.273. The van der Waals surface area contributed by atoms with Crippen LogP contribution in [-0.4, -0.2) is 22.2 Å². The highest BCUT2D eigenvalue weighted by molar-refractivity contribution is 7.09. The monoisotopic (exact) mass is 226 g/mol. The molecule has 1 saturated carbocycles. The fraction of sp³-hybridized carbons (Fsp3) is 0.727. The van der Waals surface area contributed by atoms with Crippen molar-refractivity contribution < 1.29 is 5.11 Å². The minimum absolute atomic E-state index is 0.166. The third-order valence-electron chi connectivity index (χ3n) is 3.00. The number of aliphatic hydroxyl groups is 1. The van der Waals surface area contributed by atoms with Crippen LogP contribution in [0.4, 0.5) is 0 Å². The largest absolute Gasteiger partial charge is 0.392 e. The molecular weight excluding hydrogens is 208 g/mol. The lowest BCUT2D eigenvalue weighted by atomic mass is 10.1. The molecule has 84 valence electrons. The molecule has 15 heavy (non-hydrogen) atoms. The second kappa shape index (κ2) is 5.58. The zero-order chi connectivity index (χ0) is 10.5. The SMILES string of the molecule is OC1CCCCCC1NCc1cncs1. The molecule has 2 rings (SSSR count). The van der Waals surface area contributed by atoms with Crippen LogP contribution < -0.4 is 5.32 Å². The number of hydrogen-bond acceptors (Lipinski definition) is 4. The Morgan fingerprint density at radius 2 is 2.27 bits per heavy atom. The second-order valence-electron chi connectivity index (χ2n) is 4.16. The van der Waals surface area contributed by atoms with Gasteiger partial charge in [-0.15, -0.1) is 11.3 Å². The van der Waals surface area contributed by atoms with Crippen LogP contribution in [0.2, 0.25) is 0 Å². The van der Waals surface area contributed by atoms with E-state index in [1.54, 1.807) is 11.3 Å². The number of aliphatic hydroxyl groups excluding tert-OH is 1. The average molecular weight is 226 g/mol. The molecule has 4 heteroatoms. The molecule has 0 bridgehead atoms. The zero-order valence-corrected chi connectivity index (χ0v) is 9.67. The van der Waals surface area contributed by atoms with Gasteiger partial charge in [-0.1, -0.05) is 19.3 Å². The Labute approximate surface area is 94.5 Å². The molecule has 2 N–H and O–H groups in total. The van der Waals surface area contributed by atoms with Gasteiger partial charge in [0.2, 0.25) is 0 Å². The quantitative estimate of drug-likeness (QED) is 0.774. The molecule has 1 aliphatic carbocycles. The van der Waals surface area contributed by atoms with Crippen molar-refractivity contribution in [3.8, 4) is 0 Å². The highest BCUT2D eigenvalue weighted by atomic mass is 32.1. The summed E-state index contributed by atoms with van der Waals surface area (Å²) >= 11 is 1.66. The van der Waals surface area contributed by atoms with E-state index in [9.17, 15) is 5.11 Å². The maximum Gasteiger partial charge on any atom is 0.0794 e. The Balaban J connectivity index is 1.81. The van der Waals surface area contributed by atoms with E-state index >= 15 is 0 Å². The summed E-state index contributed by atoms with van der Waals surface area (Å²) in [6.07, 6.45) is 7.43. The molecule has 0 aliphatic heterocycles. The molecule has 0 saturated heterocycles. The van der Waals surface area contributed by atoms with Gasteiger partial charge in [-0.05, 0) is 12.8 Å². The summed E-state index contributed by atoms with van der Waals surface area (Å²) in [5.74, 6) is 0. The molecule has 1 heterocycles. The molecule has 1 fully saturated rings. The minimum atomic E-state index is -0.166. The van der Waals surface area contributed by atoms with Crippen molar-refractivity contribution in [1.29, 1.82) is 0 Å².